The number of nitrogens with zero attached hydrogens (tertiary/aromatic N) is 7. The van der Waals surface area contributed by atoms with E-state index in [4.69, 9.17) is 5.10 Å². The lowest BCUT2D eigenvalue weighted by atomic mass is 9.85. The Morgan fingerprint density at radius 2 is 1.93 bits per heavy atom. The lowest BCUT2D eigenvalue weighted by molar-refractivity contribution is 0.308. The largest absolute Gasteiger partial charge is 0.352 e. The van der Waals surface area contributed by atoms with Crippen LogP contribution in [0.5, 0.6) is 0 Å². The van der Waals surface area contributed by atoms with Gasteiger partial charge in [0.15, 0.2) is 11.5 Å². The summed E-state index contributed by atoms with van der Waals surface area (Å²) in [6, 6.07) is 3.73. The average molecular weight is 417 g/mol. The molecule has 1 aliphatic heterocycles. The van der Waals surface area contributed by atoms with Gasteiger partial charge in [0.25, 0.3) is 0 Å². The van der Waals surface area contributed by atoms with Gasteiger partial charge in [0.1, 0.15) is 10.7 Å². The molecule has 1 saturated heterocycles. The molecule has 2 fully saturated rings. The Morgan fingerprint density at radius 1 is 1.17 bits per heavy atom. The molecule has 0 aromatic carbocycles. The second kappa shape index (κ2) is 6.49. The van der Waals surface area contributed by atoms with Crippen molar-refractivity contribution in [2.45, 2.75) is 50.0 Å². The fourth-order valence-electron chi connectivity index (χ4n) is 4.02. The normalized spacial score (nSPS) is 18.4. The van der Waals surface area contributed by atoms with Crippen LogP contribution in [-0.4, -0.2) is 68.9 Å². The van der Waals surface area contributed by atoms with Gasteiger partial charge >= 0.3 is 0 Å². The lowest BCUT2D eigenvalue weighted by Gasteiger charge is -2.43. The molecule has 0 bridgehead atoms. The molecular formula is C18H24N8O2S. The zero-order chi connectivity index (χ0) is 20.3. The van der Waals surface area contributed by atoms with Gasteiger partial charge in [-0.2, -0.15) is 13.9 Å². The number of anilines is 1. The van der Waals surface area contributed by atoms with Gasteiger partial charge in [-0.25, -0.2) is 8.42 Å². The summed E-state index contributed by atoms with van der Waals surface area (Å²) in [6.07, 6.45) is 3.49. The second-order valence-electron chi connectivity index (χ2n) is 7.99. The molecule has 1 saturated carbocycles. The van der Waals surface area contributed by atoms with Gasteiger partial charge in [-0.05, 0) is 38.8 Å². The highest BCUT2D eigenvalue weighted by Crippen LogP contribution is 2.35. The van der Waals surface area contributed by atoms with Crippen molar-refractivity contribution in [2.75, 3.05) is 25.0 Å². The van der Waals surface area contributed by atoms with Gasteiger partial charge in [0, 0.05) is 26.1 Å². The average Bonchev–Trinajstić information content (AvgIpc) is 3.15. The number of hydrogen-bond donors (Lipinski definition) is 1. The first-order valence-corrected chi connectivity index (χ1v) is 11.3. The highest BCUT2D eigenvalue weighted by atomic mass is 32.2. The van der Waals surface area contributed by atoms with Crippen LogP contribution in [0.4, 0.5) is 5.82 Å². The third kappa shape index (κ3) is 2.83. The van der Waals surface area contributed by atoms with E-state index in [1.807, 2.05) is 16.6 Å². The van der Waals surface area contributed by atoms with Crippen molar-refractivity contribution in [2.24, 2.45) is 0 Å². The number of hydrogen-bond acceptors (Lipinski definition) is 7. The smallest absolute Gasteiger partial charge is 0.246 e. The van der Waals surface area contributed by atoms with Crippen molar-refractivity contribution in [3.05, 3.63) is 29.3 Å². The molecule has 1 aliphatic carbocycles. The van der Waals surface area contributed by atoms with E-state index in [1.165, 1.54) is 10.7 Å². The van der Waals surface area contributed by atoms with Gasteiger partial charge in [-0.3, -0.25) is 5.10 Å². The molecule has 0 unspecified atom stereocenters. The summed E-state index contributed by atoms with van der Waals surface area (Å²) < 4.78 is 29.3. The first kappa shape index (κ1) is 18.5. The van der Waals surface area contributed by atoms with E-state index in [1.54, 1.807) is 20.9 Å². The molecule has 5 rings (SSSR count). The number of aryl methyl sites for hydroxylation is 2. The Hall–Kier alpha value is -2.53. The maximum atomic E-state index is 13.0. The molecule has 154 valence electrons. The molecule has 3 aromatic rings. The number of likely N-dealkylation sites (N-methyl/N-ethyl adjacent to an activating group) is 1. The molecule has 0 radical (unpaired) electrons. The SMILES string of the molecule is Cc1n[nH]c(C)c1S(=O)(=O)N(C)C1CN(c2ccc3nnc(C4CCC4)n3n2)C1. The summed E-state index contributed by atoms with van der Waals surface area (Å²) in [6.45, 7) is 4.61. The molecule has 0 atom stereocenters. The predicted octanol–water partition coefficient (Wildman–Crippen LogP) is 1.24. The fraction of sp³-hybridized carbons (Fsp3) is 0.556. The minimum atomic E-state index is -3.59. The highest BCUT2D eigenvalue weighted by molar-refractivity contribution is 7.89. The molecule has 10 nitrogen and oxygen atoms in total. The van der Waals surface area contributed by atoms with Crippen LogP contribution in [0.3, 0.4) is 0 Å². The minimum Gasteiger partial charge on any atom is -0.352 e. The van der Waals surface area contributed by atoms with Crippen molar-refractivity contribution < 1.29 is 8.42 Å². The van der Waals surface area contributed by atoms with E-state index in [0.717, 1.165) is 30.1 Å². The molecule has 1 N–H and O–H groups in total. The summed E-state index contributed by atoms with van der Waals surface area (Å²) in [5.74, 6) is 2.18. The fourth-order valence-corrected chi connectivity index (χ4v) is 5.68. The lowest BCUT2D eigenvalue weighted by Crippen LogP contribution is -2.60. The van der Waals surface area contributed by atoms with Crippen LogP contribution in [0, 0.1) is 13.8 Å². The van der Waals surface area contributed by atoms with Crippen LogP contribution in [0.1, 0.15) is 42.4 Å². The summed E-state index contributed by atoms with van der Waals surface area (Å²) in [5.41, 5.74) is 1.81. The standard InChI is InChI=1S/C18H24N8O2S/c1-11-17(12(2)20-19-11)29(27,28)24(3)14-9-25(10-14)16-8-7-15-21-22-18(26(15)23-16)13-5-4-6-13/h7-8,13-14H,4-6,9-10H2,1-3H3,(H,19,20). The van der Waals surface area contributed by atoms with Gasteiger partial charge in [0.05, 0.1) is 17.4 Å². The summed E-state index contributed by atoms with van der Waals surface area (Å²) in [5, 5.41) is 20.0. The number of fused-ring (bicyclic) bond motifs is 1. The number of aromatic amines is 1. The number of sulfonamides is 1. The van der Waals surface area contributed by atoms with E-state index in [-0.39, 0.29) is 10.9 Å². The van der Waals surface area contributed by atoms with Gasteiger partial charge < -0.3 is 4.90 Å². The zero-order valence-corrected chi connectivity index (χ0v) is 17.5. The van der Waals surface area contributed by atoms with Crippen LogP contribution in [-0.2, 0) is 10.0 Å². The Bertz CT molecular complexity index is 1150. The van der Waals surface area contributed by atoms with Gasteiger partial charge in [-0.15, -0.1) is 15.3 Å². The van der Waals surface area contributed by atoms with Crippen LogP contribution in [0.15, 0.2) is 17.0 Å². The third-order valence-corrected chi connectivity index (χ3v) is 8.32. The third-order valence-electron chi connectivity index (χ3n) is 6.14. The molecular weight excluding hydrogens is 392 g/mol. The number of H-pyrrole nitrogens is 1. The van der Waals surface area contributed by atoms with Crippen LogP contribution in [0.25, 0.3) is 5.65 Å². The number of rotatable bonds is 5. The van der Waals surface area contributed by atoms with Crippen LogP contribution < -0.4 is 4.90 Å². The van der Waals surface area contributed by atoms with Crippen molar-refractivity contribution >= 4 is 21.5 Å². The summed E-state index contributed by atoms with van der Waals surface area (Å²) in [4.78, 5) is 2.35. The maximum Gasteiger partial charge on any atom is 0.246 e. The van der Waals surface area contributed by atoms with Crippen molar-refractivity contribution in [1.29, 1.82) is 0 Å². The molecule has 4 heterocycles. The van der Waals surface area contributed by atoms with E-state index >= 15 is 0 Å². The minimum absolute atomic E-state index is 0.113. The zero-order valence-electron chi connectivity index (χ0n) is 16.7. The molecule has 11 heteroatoms. The van der Waals surface area contributed by atoms with E-state index in [0.29, 0.717) is 30.4 Å². The van der Waals surface area contributed by atoms with Crippen molar-refractivity contribution in [3.8, 4) is 0 Å². The summed E-state index contributed by atoms with van der Waals surface area (Å²) in [7, 11) is -1.96. The summed E-state index contributed by atoms with van der Waals surface area (Å²) >= 11 is 0. The van der Waals surface area contributed by atoms with E-state index in [9.17, 15) is 8.42 Å². The first-order chi connectivity index (χ1) is 13.9. The number of nitrogens with one attached hydrogen (secondary N) is 1. The molecule has 29 heavy (non-hydrogen) atoms. The second-order valence-corrected chi connectivity index (χ2v) is 9.93. The molecule has 0 amide bonds. The topological polar surface area (TPSA) is 112 Å². The first-order valence-electron chi connectivity index (χ1n) is 9.83. The van der Waals surface area contributed by atoms with Gasteiger partial charge in [0.2, 0.25) is 10.0 Å². The number of aromatic nitrogens is 6. The Balaban J connectivity index is 1.34. The van der Waals surface area contributed by atoms with E-state index < -0.39 is 10.0 Å². The Labute approximate surface area is 169 Å². The van der Waals surface area contributed by atoms with Crippen LogP contribution in [0.2, 0.25) is 0 Å². The Morgan fingerprint density at radius 3 is 2.55 bits per heavy atom. The van der Waals surface area contributed by atoms with Crippen molar-refractivity contribution in [3.63, 3.8) is 0 Å². The highest BCUT2D eigenvalue weighted by Gasteiger charge is 2.39. The van der Waals surface area contributed by atoms with Crippen LogP contribution >= 0.6 is 0 Å². The van der Waals surface area contributed by atoms with Crippen molar-refractivity contribution in [1.82, 2.24) is 34.3 Å². The monoisotopic (exact) mass is 416 g/mol. The predicted molar refractivity (Wildman–Crippen MR) is 106 cm³/mol. The van der Waals surface area contributed by atoms with E-state index in [2.05, 4.69) is 25.3 Å². The molecule has 2 aliphatic rings. The molecule has 0 spiro atoms. The maximum absolute atomic E-state index is 13.0. The molecule has 3 aromatic heterocycles. The Kier molecular flexibility index (Phi) is 4.14. The quantitative estimate of drug-likeness (QED) is 0.666. The van der Waals surface area contributed by atoms with Gasteiger partial charge in [-0.1, -0.05) is 6.42 Å².